The molecule has 0 radical (unpaired) electrons. The van der Waals surface area contributed by atoms with E-state index in [0.717, 1.165) is 0 Å². The summed E-state index contributed by atoms with van der Waals surface area (Å²) in [4.78, 5) is 26.2. The molecular weight excluding hydrogens is 241 g/mol. The fourth-order valence-electron chi connectivity index (χ4n) is 0.754. The van der Waals surface area contributed by atoms with Crippen molar-refractivity contribution in [3.05, 3.63) is 34.4 Å². The Morgan fingerprint density at radius 3 is 2.31 bits per heavy atom. The van der Waals surface area contributed by atoms with E-state index in [-0.39, 0.29) is 11.4 Å². The van der Waals surface area contributed by atoms with Crippen LogP contribution in [-0.2, 0) is 9.19 Å². The Hall–Kier alpha value is -1.83. The molecule has 0 fully saturated rings. The van der Waals surface area contributed by atoms with Gasteiger partial charge in [0.2, 0.25) is 0 Å². The molecule has 0 atom stereocenters. The van der Waals surface area contributed by atoms with Crippen LogP contribution < -0.4 is 0 Å². The standard InChI is InChI=1S/C6H6N3O6P/c10-9(11)6-3-1-5(2-4-6)7-8-15-16(12,13)14/h1-4H,(H2,12,13,14). The lowest BCUT2D eigenvalue weighted by atomic mass is 10.3. The van der Waals surface area contributed by atoms with Gasteiger partial charge in [0, 0.05) is 17.4 Å². The van der Waals surface area contributed by atoms with Gasteiger partial charge in [-0.3, -0.25) is 24.5 Å². The zero-order chi connectivity index (χ0) is 12.2. The van der Waals surface area contributed by atoms with Gasteiger partial charge in [0.15, 0.2) is 0 Å². The minimum Gasteiger partial charge on any atom is -0.292 e. The number of hydrogen-bond donors (Lipinski definition) is 2. The molecule has 0 unspecified atom stereocenters. The van der Waals surface area contributed by atoms with Gasteiger partial charge >= 0.3 is 7.82 Å². The van der Waals surface area contributed by atoms with Crippen LogP contribution in [0.25, 0.3) is 0 Å². The molecule has 0 bridgehead atoms. The predicted octanol–water partition coefficient (Wildman–Crippen LogP) is 1.70. The van der Waals surface area contributed by atoms with Crippen LogP contribution in [0.1, 0.15) is 0 Å². The van der Waals surface area contributed by atoms with E-state index < -0.39 is 12.7 Å². The van der Waals surface area contributed by atoms with Gasteiger partial charge in [-0.25, -0.2) is 4.57 Å². The number of benzene rings is 1. The van der Waals surface area contributed by atoms with E-state index in [4.69, 9.17) is 9.79 Å². The number of nitro groups is 1. The van der Waals surface area contributed by atoms with Crippen molar-refractivity contribution in [2.75, 3.05) is 0 Å². The van der Waals surface area contributed by atoms with Gasteiger partial charge in [-0.05, 0) is 12.1 Å². The third-order valence-electron chi connectivity index (χ3n) is 1.36. The largest absolute Gasteiger partial charge is 0.546 e. The Balaban J connectivity index is 2.69. The van der Waals surface area contributed by atoms with E-state index >= 15 is 0 Å². The summed E-state index contributed by atoms with van der Waals surface area (Å²) in [6, 6.07) is 4.85. The highest BCUT2D eigenvalue weighted by Gasteiger charge is 2.14. The number of non-ortho nitro benzene ring substituents is 1. The van der Waals surface area contributed by atoms with Gasteiger partial charge in [-0.2, -0.15) is 0 Å². The quantitative estimate of drug-likeness (QED) is 0.359. The second kappa shape index (κ2) is 4.79. The smallest absolute Gasteiger partial charge is 0.292 e. The zero-order valence-electron chi connectivity index (χ0n) is 7.63. The molecule has 0 aliphatic carbocycles. The lowest BCUT2D eigenvalue weighted by molar-refractivity contribution is -0.384. The fraction of sp³-hybridized carbons (Fsp3) is 0. The van der Waals surface area contributed by atoms with Crippen LogP contribution in [0.5, 0.6) is 0 Å². The van der Waals surface area contributed by atoms with Crippen LogP contribution in [0.4, 0.5) is 11.4 Å². The minimum absolute atomic E-state index is 0.130. The van der Waals surface area contributed by atoms with Crippen LogP contribution in [0, 0.1) is 10.1 Å². The van der Waals surface area contributed by atoms with Crippen molar-refractivity contribution in [2.45, 2.75) is 0 Å². The highest BCUT2D eigenvalue weighted by atomic mass is 31.2. The molecule has 0 amide bonds. The van der Waals surface area contributed by atoms with E-state index in [9.17, 15) is 14.7 Å². The SMILES string of the molecule is O=[N+]([O-])c1ccc(N=NOP(=O)(O)O)cc1. The third kappa shape index (κ3) is 4.13. The molecule has 1 aromatic rings. The molecule has 0 aliphatic rings. The summed E-state index contributed by atoms with van der Waals surface area (Å²) in [5.74, 6) is 0. The van der Waals surface area contributed by atoms with Crippen molar-refractivity contribution in [1.29, 1.82) is 0 Å². The number of nitrogens with zero attached hydrogens (tertiary/aromatic N) is 3. The number of phosphoric acid groups is 1. The van der Waals surface area contributed by atoms with Crippen molar-refractivity contribution < 1.29 is 23.9 Å². The first kappa shape index (κ1) is 12.2. The summed E-state index contributed by atoms with van der Waals surface area (Å²) in [7, 11) is -4.70. The number of nitro benzene ring substituents is 1. The average Bonchev–Trinajstić information content (AvgIpc) is 2.16. The Kier molecular flexibility index (Phi) is 3.67. The first-order valence-corrected chi connectivity index (χ1v) is 5.31. The van der Waals surface area contributed by atoms with E-state index in [2.05, 4.69) is 15.0 Å². The van der Waals surface area contributed by atoms with Crippen molar-refractivity contribution in [1.82, 2.24) is 0 Å². The van der Waals surface area contributed by atoms with Gasteiger partial charge in [-0.15, -0.1) is 5.11 Å². The van der Waals surface area contributed by atoms with Crippen LogP contribution in [0.3, 0.4) is 0 Å². The molecule has 9 nitrogen and oxygen atoms in total. The molecule has 10 heteroatoms. The topological polar surface area (TPSA) is 135 Å². The fourth-order valence-corrected chi connectivity index (χ4v) is 0.886. The Labute approximate surface area is 88.7 Å². The van der Waals surface area contributed by atoms with Gasteiger partial charge < -0.3 is 0 Å². The van der Waals surface area contributed by atoms with Crippen LogP contribution in [-0.4, -0.2) is 14.7 Å². The molecule has 0 heterocycles. The number of hydrogen-bond acceptors (Lipinski definition) is 6. The van der Waals surface area contributed by atoms with Gasteiger partial charge in [0.1, 0.15) is 0 Å². The molecule has 0 spiro atoms. The van der Waals surface area contributed by atoms with Crippen LogP contribution in [0.2, 0.25) is 0 Å². The predicted molar refractivity (Wildman–Crippen MR) is 50.7 cm³/mol. The maximum atomic E-state index is 10.3. The normalized spacial score (nSPS) is 11.6. The summed E-state index contributed by atoms with van der Waals surface area (Å²) >= 11 is 0. The van der Waals surface area contributed by atoms with E-state index in [1.165, 1.54) is 24.3 Å². The molecule has 1 aromatic carbocycles. The van der Waals surface area contributed by atoms with Crippen LogP contribution in [0.15, 0.2) is 34.7 Å². The molecule has 0 aliphatic heterocycles. The van der Waals surface area contributed by atoms with Crippen molar-refractivity contribution >= 4 is 19.2 Å². The summed E-state index contributed by atoms with van der Waals surface area (Å²) in [6.07, 6.45) is 0. The summed E-state index contributed by atoms with van der Waals surface area (Å²) in [5.41, 5.74) is 0.0360. The highest BCUT2D eigenvalue weighted by molar-refractivity contribution is 7.46. The molecule has 0 saturated heterocycles. The second-order valence-corrected chi connectivity index (χ2v) is 3.67. The monoisotopic (exact) mass is 247 g/mol. The van der Waals surface area contributed by atoms with Crippen molar-refractivity contribution in [2.24, 2.45) is 10.4 Å². The second-order valence-electron chi connectivity index (χ2n) is 2.53. The summed E-state index contributed by atoms with van der Waals surface area (Å²) in [5, 5.41) is 16.3. The minimum atomic E-state index is -4.70. The molecule has 86 valence electrons. The maximum absolute atomic E-state index is 10.3. The molecule has 0 aromatic heterocycles. The van der Waals surface area contributed by atoms with E-state index in [1.807, 2.05) is 0 Å². The zero-order valence-corrected chi connectivity index (χ0v) is 8.52. The molecule has 0 saturated carbocycles. The molecule has 1 rings (SSSR count). The Morgan fingerprint density at radius 2 is 1.88 bits per heavy atom. The maximum Gasteiger partial charge on any atom is 0.546 e. The first-order chi connectivity index (χ1) is 7.38. The van der Waals surface area contributed by atoms with E-state index in [0.29, 0.717) is 0 Å². The third-order valence-corrected chi connectivity index (χ3v) is 1.65. The van der Waals surface area contributed by atoms with Crippen molar-refractivity contribution in [3.63, 3.8) is 0 Å². The summed E-state index contributed by atoms with van der Waals surface area (Å²) in [6.45, 7) is 0. The van der Waals surface area contributed by atoms with Crippen LogP contribution >= 0.6 is 7.82 Å². The molecular formula is C6H6N3O6P. The highest BCUT2D eigenvalue weighted by Crippen LogP contribution is 2.36. The van der Waals surface area contributed by atoms with Gasteiger partial charge in [-0.1, -0.05) is 0 Å². The van der Waals surface area contributed by atoms with Gasteiger partial charge in [0.25, 0.3) is 5.69 Å². The number of rotatable bonds is 4. The Bertz CT molecular complexity index is 452. The molecule has 2 N–H and O–H groups in total. The lowest BCUT2D eigenvalue weighted by Gasteiger charge is -1.96. The van der Waals surface area contributed by atoms with Gasteiger partial charge in [0.05, 0.1) is 10.6 Å². The van der Waals surface area contributed by atoms with E-state index in [1.54, 1.807) is 0 Å². The molecule has 16 heavy (non-hydrogen) atoms. The average molecular weight is 247 g/mol. The Morgan fingerprint density at radius 1 is 1.31 bits per heavy atom. The van der Waals surface area contributed by atoms with Crippen molar-refractivity contribution in [3.8, 4) is 0 Å². The lowest BCUT2D eigenvalue weighted by Crippen LogP contribution is -1.85. The summed E-state index contributed by atoms with van der Waals surface area (Å²) < 4.78 is 13.9. The first-order valence-electron chi connectivity index (χ1n) is 3.78.